The molecule has 3 aromatic carbocycles. The predicted octanol–water partition coefficient (Wildman–Crippen LogP) is 7.87. The van der Waals surface area contributed by atoms with Crippen LogP contribution in [0.1, 0.15) is 68.6 Å². The molecule has 4 nitrogen and oxygen atoms in total. The van der Waals surface area contributed by atoms with Crippen molar-refractivity contribution in [1.29, 1.82) is 0 Å². The van der Waals surface area contributed by atoms with Crippen molar-refractivity contribution >= 4 is 11.1 Å². The van der Waals surface area contributed by atoms with Gasteiger partial charge in [0.05, 0.1) is 13.2 Å². The molecular weight excluding hydrogens is 448 g/mol. The number of hydrogen-bond donors (Lipinski definition) is 0. The largest absolute Gasteiger partial charge is 0.465 e. The van der Waals surface area contributed by atoms with Crippen LogP contribution >= 0.6 is 0 Å². The van der Waals surface area contributed by atoms with Crippen LogP contribution in [0.4, 0.5) is 0 Å². The van der Waals surface area contributed by atoms with Crippen LogP contribution in [0.2, 0.25) is 0 Å². The summed E-state index contributed by atoms with van der Waals surface area (Å²) in [6.45, 7) is 3.76. The molecule has 2 fully saturated rings. The second-order valence-electron chi connectivity index (χ2n) is 9.45. The lowest BCUT2D eigenvalue weighted by Crippen LogP contribution is -2.25. The molecule has 0 spiro atoms. The Hall–Kier alpha value is -3.08. The summed E-state index contributed by atoms with van der Waals surface area (Å²) < 4.78 is 23.9. The van der Waals surface area contributed by atoms with Gasteiger partial charge in [-0.3, -0.25) is 0 Å². The molecule has 5 rings (SSSR count). The second kappa shape index (κ2) is 12.2. The lowest BCUT2D eigenvalue weighted by molar-refractivity contribution is -0.106. The standard InChI is InChI=1S/C32H36O4/c1-2-29(24-11-4-3-5-12-24)32(25-17-19-27(20-18-25)35-30-15-6-8-21-33-30)26-13-10-14-28(23-26)36-31-16-7-9-22-34-31/h3-5,10-14,17-20,23,30-31H,2,6-9,15-16,21-22H2,1H3/b32-29+. The van der Waals surface area contributed by atoms with Crippen molar-refractivity contribution < 1.29 is 18.9 Å². The topological polar surface area (TPSA) is 36.9 Å². The van der Waals surface area contributed by atoms with E-state index in [4.69, 9.17) is 18.9 Å². The molecule has 2 saturated heterocycles. The number of hydrogen-bond acceptors (Lipinski definition) is 4. The van der Waals surface area contributed by atoms with Gasteiger partial charge in [-0.25, -0.2) is 0 Å². The maximum atomic E-state index is 6.23. The maximum Gasteiger partial charge on any atom is 0.199 e. The highest BCUT2D eigenvalue weighted by Gasteiger charge is 2.19. The summed E-state index contributed by atoms with van der Waals surface area (Å²) in [5.74, 6) is 1.68. The van der Waals surface area contributed by atoms with Crippen molar-refractivity contribution in [3.05, 3.63) is 95.6 Å². The third-order valence-electron chi connectivity index (χ3n) is 6.85. The van der Waals surface area contributed by atoms with Gasteiger partial charge in [0.1, 0.15) is 11.5 Å². The van der Waals surface area contributed by atoms with Gasteiger partial charge in [0.15, 0.2) is 12.6 Å². The molecule has 36 heavy (non-hydrogen) atoms. The van der Waals surface area contributed by atoms with Crippen molar-refractivity contribution in [3.63, 3.8) is 0 Å². The minimum atomic E-state index is -0.167. The summed E-state index contributed by atoms with van der Waals surface area (Å²) in [6.07, 6.45) is 6.98. The number of allylic oxidation sites excluding steroid dienone is 1. The van der Waals surface area contributed by atoms with Gasteiger partial charge < -0.3 is 18.9 Å². The molecule has 2 heterocycles. The highest BCUT2D eigenvalue weighted by molar-refractivity contribution is 5.98. The first-order valence-corrected chi connectivity index (χ1v) is 13.4. The SMILES string of the molecule is CC/C(=C(/c1ccc(OC2CCCCO2)cc1)c1cccc(OC2CCCCO2)c1)c1ccccc1. The Bertz CT molecular complexity index is 1120. The van der Waals surface area contributed by atoms with Crippen LogP contribution in [0, 0.1) is 0 Å². The number of rotatable bonds is 8. The molecule has 0 aliphatic carbocycles. The Morgan fingerprint density at radius 2 is 1.31 bits per heavy atom. The fourth-order valence-electron chi connectivity index (χ4n) is 5.02. The second-order valence-corrected chi connectivity index (χ2v) is 9.45. The van der Waals surface area contributed by atoms with Gasteiger partial charge in [0.25, 0.3) is 0 Å². The van der Waals surface area contributed by atoms with E-state index in [1.165, 1.54) is 16.7 Å². The molecule has 0 aromatic heterocycles. The van der Waals surface area contributed by atoms with E-state index in [1.807, 2.05) is 6.07 Å². The molecule has 2 aliphatic rings. The summed E-state index contributed by atoms with van der Waals surface area (Å²) in [4.78, 5) is 0. The molecule has 0 amide bonds. The van der Waals surface area contributed by atoms with Crippen LogP contribution in [-0.4, -0.2) is 25.8 Å². The quantitative estimate of drug-likeness (QED) is 0.305. The van der Waals surface area contributed by atoms with Crippen molar-refractivity contribution in [1.82, 2.24) is 0 Å². The average Bonchev–Trinajstić information content (AvgIpc) is 2.94. The van der Waals surface area contributed by atoms with Gasteiger partial charge >= 0.3 is 0 Å². The Balaban J connectivity index is 1.49. The van der Waals surface area contributed by atoms with Crippen molar-refractivity contribution in [2.75, 3.05) is 13.2 Å². The van der Waals surface area contributed by atoms with Crippen LogP contribution in [0.5, 0.6) is 11.5 Å². The van der Waals surface area contributed by atoms with Crippen LogP contribution in [0.25, 0.3) is 11.1 Å². The van der Waals surface area contributed by atoms with E-state index < -0.39 is 0 Å². The summed E-state index contributed by atoms with van der Waals surface area (Å²) in [5, 5.41) is 0. The average molecular weight is 485 g/mol. The first kappa shape index (κ1) is 24.6. The molecule has 2 atom stereocenters. The van der Waals surface area contributed by atoms with E-state index in [0.717, 1.165) is 80.8 Å². The summed E-state index contributed by atoms with van der Waals surface area (Å²) in [7, 11) is 0. The van der Waals surface area contributed by atoms with Gasteiger partial charge in [-0.1, -0.05) is 61.5 Å². The molecule has 188 valence electrons. The smallest absolute Gasteiger partial charge is 0.199 e. The van der Waals surface area contributed by atoms with Gasteiger partial charge in [-0.2, -0.15) is 0 Å². The van der Waals surface area contributed by atoms with E-state index in [0.29, 0.717) is 0 Å². The zero-order valence-electron chi connectivity index (χ0n) is 21.2. The van der Waals surface area contributed by atoms with E-state index in [-0.39, 0.29) is 12.6 Å². The van der Waals surface area contributed by atoms with Gasteiger partial charge in [0.2, 0.25) is 0 Å². The molecule has 0 radical (unpaired) electrons. The van der Waals surface area contributed by atoms with E-state index >= 15 is 0 Å². The highest BCUT2D eigenvalue weighted by atomic mass is 16.7. The first-order valence-electron chi connectivity index (χ1n) is 13.4. The van der Waals surface area contributed by atoms with Crippen molar-refractivity contribution in [3.8, 4) is 11.5 Å². The predicted molar refractivity (Wildman–Crippen MR) is 144 cm³/mol. The molecule has 0 bridgehead atoms. The van der Waals surface area contributed by atoms with Crippen LogP contribution in [0.15, 0.2) is 78.9 Å². The van der Waals surface area contributed by atoms with E-state index in [9.17, 15) is 0 Å². The number of benzene rings is 3. The summed E-state index contributed by atoms with van der Waals surface area (Å²) >= 11 is 0. The van der Waals surface area contributed by atoms with Gasteiger partial charge in [0, 0.05) is 12.8 Å². The first-order chi connectivity index (χ1) is 17.8. The maximum absolute atomic E-state index is 6.23. The Kier molecular flexibility index (Phi) is 8.37. The Labute approximate surface area is 214 Å². The van der Waals surface area contributed by atoms with Crippen molar-refractivity contribution in [2.45, 2.75) is 64.4 Å². The zero-order chi connectivity index (χ0) is 24.6. The lowest BCUT2D eigenvalue weighted by Gasteiger charge is -2.24. The van der Waals surface area contributed by atoms with E-state index in [2.05, 4.69) is 79.7 Å². The minimum Gasteiger partial charge on any atom is -0.465 e. The third kappa shape index (κ3) is 6.18. The van der Waals surface area contributed by atoms with Crippen molar-refractivity contribution in [2.24, 2.45) is 0 Å². The van der Waals surface area contributed by atoms with Crippen LogP contribution in [-0.2, 0) is 9.47 Å². The Morgan fingerprint density at radius 3 is 1.92 bits per heavy atom. The molecular formula is C32H36O4. The number of ether oxygens (including phenoxy) is 4. The van der Waals surface area contributed by atoms with Crippen LogP contribution < -0.4 is 9.47 Å². The molecule has 3 aromatic rings. The monoisotopic (exact) mass is 484 g/mol. The molecule has 4 heteroatoms. The third-order valence-corrected chi connectivity index (χ3v) is 6.85. The fraction of sp³-hybridized carbons (Fsp3) is 0.375. The van der Waals surface area contributed by atoms with E-state index in [1.54, 1.807) is 0 Å². The fourth-order valence-corrected chi connectivity index (χ4v) is 5.02. The van der Waals surface area contributed by atoms with Gasteiger partial charge in [-0.05, 0) is 84.2 Å². The van der Waals surface area contributed by atoms with Crippen LogP contribution in [0.3, 0.4) is 0 Å². The molecule has 0 N–H and O–H groups in total. The molecule has 2 unspecified atom stereocenters. The summed E-state index contributed by atoms with van der Waals surface area (Å²) in [5.41, 5.74) is 6.02. The molecule has 2 aliphatic heterocycles. The lowest BCUT2D eigenvalue weighted by atomic mass is 9.88. The van der Waals surface area contributed by atoms with Gasteiger partial charge in [-0.15, -0.1) is 0 Å². The zero-order valence-corrected chi connectivity index (χ0v) is 21.2. The minimum absolute atomic E-state index is 0.147. The highest BCUT2D eigenvalue weighted by Crippen LogP contribution is 2.36. The summed E-state index contributed by atoms with van der Waals surface area (Å²) in [6, 6.07) is 27.5. The molecule has 0 saturated carbocycles. The normalized spacial score (nSPS) is 20.9. The Morgan fingerprint density at radius 1 is 0.667 bits per heavy atom.